The van der Waals surface area contributed by atoms with Gasteiger partial charge in [0.15, 0.2) is 0 Å². The number of carbonyl (C=O) groups excluding carboxylic acids is 1. The van der Waals surface area contributed by atoms with Crippen molar-refractivity contribution in [3.05, 3.63) is 135 Å². The van der Waals surface area contributed by atoms with Gasteiger partial charge in [-0.1, -0.05) is 30.8 Å². The third-order valence-corrected chi connectivity index (χ3v) is 20.8. The highest BCUT2D eigenvalue weighted by atomic mass is 35.5. The highest BCUT2D eigenvalue weighted by Crippen LogP contribution is 2.34. The molecule has 0 aliphatic heterocycles. The minimum absolute atomic E-state index is 0. The van der Waals surface area contributed by atoms with Crippen LogP contribution >= 0.6 is 70.0 Å². The molecule has 0 unspecified atom stereocenters. The molecule has 0 aliphatic rings. The van der Waals surface area contributed by atoms with Gasteiger partial charge in [-0.3, -0.25) is 4.79 Å². The fraction of sp³-hybridized carbons (Fsp3) is 0.238. The Bertz CT molecular complexity index is 3040. The topological polar surface area (TPSA) is 206 Å². The molecule has 0 fully saturated rings. The molecule has 3 aromatic carbocycles. The van der Waals surface area contributed by atoms with Crippen LogP contribution in [0.3, 0.4) is 0 Å². The van der Waals surface area contributed by atoms with E-state index >= 15 is 0 Å². The average molecular weight is 1110 g/mol. The van der Waals surface area contributed by atoms with E-state index in [2.05, 4.69) is 22.8 Å². The number of thiol groups is 1. The molecule has 364 valence electrons. The van der Waals surface area contributed by atoms with Gasteiger partial charge in [0.1, 0.15) is 4.21 Å². The van der Waals surface area contributed by atoms with E-state index in [1.807, 2.05) is 12.1 Å². The molecule has 0 atom stereocenters. The van der Waals surface area contributed by atoms with Crippen LogP contribution in [0, 0.1) is 6.57 Å². The molecule has 3 aromatic heterocycles. The highest BCUT2D eigenvalue weighted by molar-refractivity contribution is 8.01. The van der Waals surface area contributed by atoms with Crippen LogP contribution in [-0.2, 0) is 57.8 Å². The molecule has 0 aliphatic carbocycles. The Morgan fingerprint density at radius 1 is 0.657 bits per heavy atom. The van der Waals surface area contributed by atoms with Crippen molar-refractivity contribution < 1.29 is 38.5 Å². The summed E-state index contributed by atoms with van der Waals surface area (Å²) in [6, 6.07) is 29.0. The molecule has 0 saturated carbocycles. The Balaban J connectivity index is 0.000000325. The van der Waals surface area contributed by atoms with Crippen LogP contribution in [0.2, 0.25) is 4.34 Å². The molecule has 0 bridgehead atoms. The molecule has 6 rings (SSSR count). The first-order valence-electron chi connectivity index (χ1n) is 18.7. The van der Waals surface area contributed by atoms with Gasteiger partial charge < -0.3 is 11.1 Å². The van der Waals surface area contributed by atoms with E-state index in [1.165, 1.54) is 112 Å². The third-order valence-electron chi connectivity index (χ3n) is 8.27. The van der Waals surface area contributed by atoms with Crippen LogP contribution in [0.15, 0.2) is 147 Å². The second kappa shape index (κ2) is 26.4. The van der Waals surface area contributed by atoms with Crippen molar-refractivity contribution in [1.82, 2.24) is 18.2 Å². The normalized spacial score (nSPS) is 11.5. The second-order valence-corrected chi connectivity index (χ2v) is 28.2. The first-order valence-corrected chi connectivity index (χ1v) is 28.6. The summed E-state index contributed by atoms with van der Waals surface area (Å²) in [6.45, 7) is 8.83. The number of sulfone groups is 1. The zero-order valence-corrected chi connectivity index (χ0v) is 44.6. The smallest absolute Gasteiger partial charge is 0.242 e. The number of hydrogen-bond acceptors (Lipinski definition) is 15. The number of halogens is 1. The molecular weight excluding hydrogens is 1060 g/mol. The second-order valence-electron chi connectivity index (χ2n) is 13.6. The monoisotopic (exact) mass is 1110 g/mol. The van der Waals surface area contributed by atoms with Gasteiger partial charge in [0.25, 0.3) is 0 Å². The van der Waals surface area contributed by atoms with Gasteiger partial charge in [-0.05, 0) is 109 Å². The summed E-state index contributed by atoms with van der Waals surface area (Å²) in [5.74, 6) is -0.0507. The first-order chi connectivity index (χ1) is 30.7. The highest BCUT2D eigenvalue weighted by Gasteiger charge is 2.23. The van der Waals surface area contributed by atoms with Gasteiger partial charge in [-0.25, -0.2) is 51.4 Å². The van der Waals surface area contributed by atoms with E-state index < -0.39 is 39.9 Å². The van der Waals surface area contributed by atoms with Crippen LogP contribution in [0.1, 0.15) is 24.1 Å². The number of sulfonamides is 3. The van der Waals surface area contributed by atoms with Crippen molar-refractivity contribution in [2.75, 3.05) is 42.3 Å². The summed E-state index contributed by atoms with van der Waals surface area (Å²) in [4.78, 5) is 18.3. The van der Waals surface area contributed by atoms with Gasteiger partial charge in [0.2, 0.25) is 50.8 Å². The zero-order chi connectivity index (χ0) is 49.6. The molecule has 0 saturated heterocycles. The number of benzene rings is 3. The maximum atomic E-state index is 12.5. The standard InChI is InChI=1S/C15H18N2O3S3.C13H16N2O4S3.C8H11NO2S2.C5H2ClNS.CH4/c1-11(18)16-10-13-6-9-15(22-13)21-12-4-7-14(8-5-12)23(19,20)17(2)3;1-15(2)22(18,19)12-6-4-11(5-7-12)21(16,17)13-8-3-10(9-14)20-13;1-9(2)13(10,11)8-5-3-7(12)4-6-8;1-7-5-3-2-4(6)8-5;/h4-9H,10H2,1-3H3,(H,16,18);3-8H,9,14H2,1-2H3;3-6,12H,1-2H3;2-3H;1H4. The molecular formula is C42H51ClN6O9S9. The van der Waals surface area contributed by atoms with E-state index in [0.29, 0.717) is 15.9 Å². The maximum absolute atomic E-state index is 12.5. The van der Waals surface area contributed by atoms with Gasteiger partial charge in [0, 0.05) is 75.3 Å². The Morgan fingerprint density at radius 3 is 1.49 bits per heavy atom. The summed E-state index contributed by atoms with van der Waals surface area (Å²) in [5.41, 5.74) is 5.49. The van der Waals surface area contributed by atoms with Crippen LogP contribution in [-0.4, -0.2) is 94.8 Å². The van der Waals surface area contributed by atoms with E-state index in [-0.39, 0.29) is 43.7 Å². The molecule has 3 heterocycles. The minimum atomic E-state index is -3.66. The number of hydrogen-bond donors (Lipinski definition) is 3. The summed E-state index contributed by atoms with van der Waals surface area (Å²) in [6.07, 6.45) is 0. The van der Waals surface area contributed by atoms with Crippen molar-refractivity contribution in [2.24, 2.45) is 5.73 Å². The quantitative estimate of drug-likeness (QED) is 0.0736. The van der Waals surface area contributed by atoms with Crippen LogP contribution in [0.25, 0.3) is 4.85 Å². The molecule has 0 spiro atoms. The molecule has 0 radical (unpaired) electrons. The Kier molecular flexibility index (Phi) is 23.4. The fourth-order valence-corrected chi connectivity index (χ4v) is 13.1. The van der Waals surface area contributed by atoms with Gasteiger partial charge in [0.05, 0.1) is 41.2 Å². The molecule has 1 amide bonds. The average Bonchev–Trinajstić information content (AvgIpc) is 4.06. The zero-order valence-electron chi connectivity index (χ0n) is 36.4. The number of rotatable bonds is 13. The van der Waals surface area contributed by atoms with Gasteiger partial charge >= 0.3 is 0 Å². The lowest BCUT2D eigenvalue weighted by atomic mass is 10.4. The number of carbonyl (C=O) groups is 1. The largest absolute Gasteiger partial charge is 0.351 e. The molecule has 3 N–H and O–H groups in total. The number of amides is 1. The summed E-state index contributed by atoms with van der Waals surface area (Å²) >= 11 is 15.2. The molecule has 25 heteroatoms. The molecule has 15 nitrogen and oxygen atoms in total. The maximum Gasteiger partial charge on any atom is 0.242 e. The van der Waals surface area contributed by atoms with Crippen molar-refractivity contribution in [2.45, 2.75) is 65.2 Å². The summed E-state index contributed by atoms with van der Waals surface area (Å²) in [5, 5.41) is 3.41. The fourth-order valence-electron chi connectivity index (χ4n) is 4.65. The number of nitrogens with zero attached hydrogens (tertiary/aromatic N) is 4. The number of nitrogens with one attached hydrogen (secondary N) is 1. The van der Waals surface area contributed by atoms with Gasteiger partial charge in [-0.2, -0.15) is 0 Å². The van der Waals surface area contributed by atoms with E-state index in [0.717, 1.165) is 39.4 Å². The van der Waals surface area contributed by atoms with Crippen LogP contribution in [0.5, 0.6) is 0 Å². The third kappa shape index (κ3) is 17.4. The number of nitrogens with two attached hydrogens (primary N) is 1. The molecule has 6 aromatic rings. The first kappa shape index (κ1) is 59.5. The Labute approximate surface area is 421 Å². The van der Waals surface area contributed by atoms with Crippen molar-refractivity contribution in [3.8, 4) is 0 Å². The van der Waals surface area contributed by atoms with Crippen molar-refractivity contribution in [3.63, 3.8) is 0 Å². The predicted molar refractivity (Wildman–Crippen MR) is 275 cm³/mol. The van der Waals surface area contributed by atoms with Crippen molar-refractivity contribution in [1.29, 1.82) is 0 Å². The van der Waals surface area contributed by atoms with E-state index in [9.17, 15) is 38.5 Å². The predicted octanol–water partition coefficient (Wildman–Crippen LogP) is 8.89. The lowest BCUT2D eigenvalue weighted by Gasteiger charge is -2.11. The van der Waals surface area contributed by atoms with Crippen molar-refractivity contribution >= 4 is 121 Å². The van der Waals surface area contributed by atoms with Crippen LogP contribution < -0.4 is 11.1 Å². The lowest BCUT2D eigenvalue weighted by Crippen LogP contribution is -2.22. The SMILES string of the molecule is C.CC(=O)NCc1ccc(Sc2ccc(S(=O)(=O)N(C)C)cc2)s1.CN(C)S(=O)(=O)c1ccc(S(=O)(=O)c2ccc(CN)s2)cc1.CN(C)S(=O)(=O)c1ccc(S)cc1.[C-]#[N+]c1ccc(Cl)s1. The summed E-state index contributed by atoms with van der Waals surface area (Å²) < 4.78 is 101. The minimum Gasteiger partial charge on any atom is -0.351 e. The Hall–Kier alpha value is -3.65. The summed E-state index contributed by atoms with van der Waals surface area (Å²) in [7, 11) is -5.05. The Morgan fingerprint density at radius 2 is 1.10 bits per heavy atom. The van der Waals surface area contributed by atoms with Crippen LogP contribution in [0.4, 0.5) is 5.00 Å². The molecule has 67 heavy (non-hydrogen) atoms. The number of thiophene rings is 3. The van der Waals surface area contributed by atoms with Gasteiger partial charge in [-0.15, -0.1) is 46.6 Å². The lowest BCUT2D eigenvalue weighted by molar-refractivity contribution is -0.119. The van der Waals surface area contributed by atoms with E-state index in [4.69, 9.17) is 23.9 Å². The van der Waals surface area contributed by atoms with E-state index in [1.54, 1.807) is 77.7 Å².